The zero-order chi connectivity index (χ0) is 51.6. The van der Waals surface area contributed by atoms with Crippen LogP contribution in [0.1, 0.15) is 61.2 Å². The Morgan fingerprint density at radius 2 is 0.608 bits per heavy atom. The molecule has 8 aromatic rings. The highest BCUT2D eigenvalue weighted by molar-refractivity contribution is 6.00. The fraction of sp³-hybridized carbons (Fsp3) is 0. The maximum Gasteiger partial charge on any atom is 0.336 e. The summed E-state index contributed by atoms with van der Waals surface area (Å²) in [4.78, 5) is 23.1. The molecular formula is C70H56O4. The third kappa shape index (κ3) is 16.1. The van der Waals surface area contributed by atoms with Gasteiger partial charge in [0, 0.05) is 6.08 Å². The minimum absolute atomic E-state index is 0.136. The van der Waals surface area contributed by atoms with E-state index in [0.29, 0.717) is 11.1 Å². The summed E-state index contributed by atoms with van der Waals surface area (Å²) in [7, 11) is 0. The first-order valence-electron chi connectivity index (χ1n) is 24.2. The van der Waals surface area contributed by atoms with Crippen molar-refractivity contribution in [1.29, 1.82) is 0 Å². The number of carbonyl (C=O) groups is 2. The average Bonchev–Trinajstić information content (AvgIpc) is 3.45. The number of carboxylic acids is 2. The number of allylic oxidation sites excluding steroid dienone is 6. The second kappa shape index (κ2) is 28.1. The molecule has 0 saturated carbocycles. The smallest absolute Gasteiger partial charge is 0.336 e. The summed E-state index contributed by atoms with van der Waals surface area (Å²) in [5.74, 6) is -2.03. The lowest BCUT2D eigenvalue weighted by Crippen LogP contribution is -2.05. The minimum atomic E-state index is -1.05. The van der Waals surface area contributed by atoms with Gasteiger partial charge in [-0.2, -0.15) is 0 Å². The van der Waals surface area contributed by atoms with E-state index in [0.717, 1.165) is 72.8 Å². The molecule has 0 aliphatic heterocycles. The molecule has 74 heavy (non-hydrogen) atoms. The topological polar surface area (TPSA) is 74.6 Å². The van der Waals surface area contributed by atoms with Crippen molar-refractivity contribution in [1.82, 2.24) is 0 Å². The van der Waals surface area contributed by atoms with E-state index in [2.05, 4.69) is 140 Å². The van der Waals surface area contributed by atoms with E-state index >= 15 is 0 Å². The Kier molecular flexibility index (Phi) is 19.7. The van der Waals surface area contributed by atoms with Gasteiger partial charge in [0.1, 0.15) is 0 Å². The van der Waals surface area contributed by atoms with E-state index in [-0.39, 0.29) is 5.57 Å². The molecule has 0 unspecified atom stereocenters. The Bertz CT molecular complexity index is 3380. The number of hydrogen-bond donors (Lipinski definition) is 2. The predicted octanol–water partition coefficient (Wildman–Crippen LogP) is 17.4. The highest BCUT2D eigenvalue weighted by atomic mass is 16.4. The van der Waals surface area contributed by atoms with Crippen LogP contribution in [0.15, 0.2) is 278 Å². The van der Waals surface area contributed by atoms with Gasteiger partial charge in [0.05, 0.1) is 5.57 Å². The molecule has 0 aliphatic rings. The summed E-state index contributed by atoms with van der Waals surface area (Å²) in [6.07, 6.45) is 29.8. The molecule has 0 bridgehead atoms. The number of benzene rings is 8. The Balaban J connectivity index is 0.00000153. The molecule has 0 radical (unpaired) electrons. The number of rotatable bonds is 18. The zero-order valence-corrected chi connectivity index (χ0v) is 40.9. The Morgan fingerprint density at radius 1 is 0.311 bits per heavy atom. The Morgan fingerprint density at radius 3 is 0.959 bits per heavy atom. The number of aliphatic carboxylic acids is 2. The van der Waals surface area contributed by atoms with Gasteiger partial charge < -0.3 is 10.2 Å². The summed E-state index contributed by atoms with van der Waals surface area (Å²) >= 11 is 0. The highest BCUT2D eigenvalue weighted by Crippen LogP contribution is 2.37. The van der Waals surface area contributed by atoms with Gasteiger partial charge in [0.15, 0.2) is 0 Å². The first-order chi connectivity index (χ1) is 36.3. The van der Waals surface area contributed by atoms with Gasteiger partial charge in [-0.15, -0.1) is 0 Å². The SMILES string of the molecule is C=CC(=O)O.O=C(O)C(C=Cc1ccccc1)=C(C=Cc1ccccc1)C(C=Cc1ccccc1)=C(C=Cc1ccccc1)c1ccc(C=Cc2ccccc2)c(C=Cc2ccccc2)c1C=Cc1ccccc1. The van der Waals surface area contributed by atoms with E-state index < -0.39 is 11.9 Å². The van der Waals surface area contributed by atoms with Crippen LogP contribution >= 0.6 is 0 Å². The predicted molar refractivity (Wildman–Crippen MR) is 314 cm³/mol. The number of hydrogen-bond acceptors (Lipinski definition) is 2. The monoisotopic (exact) mass is 960 g/mol. The third-order valence-corrected chi connectivity index (χ3v) is 11.6. The standard InChI is InChI=1S/C67H52O2.C3H4O2/c68-67(69)66(50-42-58-34-20-7-21-35-58)65(49-41-57-32-18-6-19-33-57)63(48-40-56-30-16-5-17-31-56)62(47-39-55-28-14-4-15-29-55)64-51-44-59(43-36-52-22-8-1-9-23-52)60(45-37-53-24-10-2-11-25-53)61(64)46-38-54-26-12-3-13-27-54;1-2-3(4)5/h1-51H,(H,68,69);2H,1H2,(H,4,5). The van der Waals surface area contributed by atoms with Crippen LogP contribution in [0, 0.1) is 0 Å². The summed E-state index contributed by atoms with van der Waals surface area (Å²) in [6.45, 7) is 2.96. The molecule has 2 N–H and O–H groups in total. The van der Waals surface area contributed by atoms with Gasteiger partial charge in [-0.1, -0.05) is 310 Å². The normalized spacial score (nSPS) is 12.4. The van der Waals surface area contributed by atoms with Gasteiger partial charge >= 0.3 is 11.9 Å². The van der Waals surface area contributed by atoms with E-state index in [1.807, 2.05) is 170 Å². The van der Waals surface area contributed by atoms with Crippen LogP contribution in [0.2, 0.25) is 0 Å². The van der Waals surface area contributed by atoms with Gasteiger partial charge in [-0.3, -0.25) is 0 Å². The lowest BCUT2D eigenvalue weighted by atomic mass is 9.84. The van der Waals surface area contributed by atoms with Crippen molar-refractivity contribution < 1.29 is 19.8 Å². The summed E-state index contributed by atoms with van der Waals surface area (Å²) in [6, 6.07) is 75.4. The highest BCUT2D eigenvalue weighted by Gasteiger charge is 2.20. The molecule has 0 aliphatic carbocycles. The Hall–Kier alpha value is -9.90. The molecule has 0 amide bonds. The maximum absolute atomic E-state index is 13.9. The van der Waals surface area contributed by atoms with Gasteiger partial charge in [-0.05, 0) is 84.0 Å². The number of carboxylic acid groups (broad SMARTS) is 2. The molecule has 4 nitrogen and oxygen atoms in total. The first kappa shape index (κ1) is 51.9. The molecule has 0 atom stereocenters. The summed E-state index contributed by atoms with van der Waals surface area (Å²) in [5, 5.41) is 19.0. The van der Waals surface area contributed by atoms with E-state index in [1.165, 1.54) is 0 Å². The molecule has 0 fully saturated rings. The molecule has 360 valence electrons. The fourth-order valence-electron chi connectivity index (χ4n) is 7.86. The van der Waals surface area contributed by atoms with E-state index in [1.54, 1.807) is 6.08 Å². The lowest BCUT2D eigenvalue weighted by Gasteiger charge is -2.19. The maximum atomic E-state index is 13.9. The second-order valence-corrected chi connectivity index (χ2v) is 16.7. The van der Waals surface area contributed by atoms with Crippen molar-refractivity contribution >= 4 is 78.3 Å². The lowest BCUT2D eigenvalue weighted by molar-refractivity contribution is -0.132. The van der Waals surface area contributed by atoms with Crippen LogP contribution in [0.3, 0.4) is 0 Å². The van der Waals surface area contributed by atoms with Crippen LogP contribution in [-0.2, 0) is 9.59 Å². The quantitative estimate of drug-likeness (QED) is 0.0510. The van der Waals surface area contributed by atoms with Crippen molar-refractivity contribution in [3.8, 4) is 0 Å². The van der Waals surface area contributed by atoms with Gasteiger partial charge in [-0.25, -0.2) is 9.59 Å². The van der Waals surface area contributed by atoms with Crippen molar-refractivity contribution in [2.45, 2.75) is 0 Å². The van der Waals surface area contributed by atoms with Gasteiger partial charge in [0.2, 0.25) is 0 Å². The second-order valence-electron chi connectivity index (χ2n) is 16.7. The third-order valence-electron chi connectivity index (χ3n) is 11.6. The van der Waals surface area contributed by atoms with Crippen LogP contribution < -0.4 is 0 Å². The van der Waals surface area contributed by atoms with Crippen molar-refractivity contribution in [3.05, 3.63) is 339 Å². The zero-order valence-electron chi connectivity index (χ0n) is 40.9. The average molecular weight is 961 g/mol. The molecular weight excluding hydrogens is 905 g/mol. The first-order valence-corrected chi connectivity index (χ1v) is 24.2. The van der Waals surface area contributed by atoms with Crippen LogP contribution in [0.5, 0.6) is 0 Å². The molecule has 0 saturated heterocycles. The van der Waals surface area contributed by atoms with Crippen molar-refractivity contribution in [3.63, 3.8) is 0 Å². The van der Waals surface area contributed by atoms with E-state index in [9.17, 15) is 14.7 Å². The Labute approximate surface area is 435 Å². The molecule has 8 aromatic carbocycles. The van der Waals surface area contributed by atoms with Crippen LogP contribution in [0.25, 0.3) is 66.3 Å². The van der Waals surface area contributed by atoms with E-state index in [4.69, 9.17) is 5.11 Å². The van der Waals surface area contributed by atoms with Crippen molar-refractivity contribution in [2.75, 3.05) is 0 Å². The minimum Gasteiger partial charge on any atom is -0.478 e. The van der Waals surface area contributed by atoms with Crippen molar-refractivity contribution in [2.24, 2.45) is 0 Å². The van der Waals surface area contributed by atoms with Gasteiger partial charge in [0.25, 0.3) is 0 Å². The molecule has 0 aromatic heterocycles. The summed E-state index contributed by atoms with van der Waals surface area (Å²) < 4.78 is 0. The molecule has 4 heteroatoms. The fourth-order valence-corrected chi connectivity index (χ4v) is 7.86. The van der Waals surface area contributed by atoms with Crippen LogP contribution in [-0.4, -0.2) is 22.2 Å². The molecule has 0 spiro atoms. The summed E-state index contributed by atoms with van der Waals surface area (Å²) in [5.41, 5.74) is 13.1. The molecule has 0 heterocycles. The van der Waals surface area contributed by atoms with Crippen LogP contribution in [0.4, 0.5) is 0 Å². The largest absolute Gasteiger partial charge is 0.478 e. The molecule has 8 rings (SSSR count).